The van der Waals surface area contributed by atoms with Crippen LogP contribution in [0.2, 0.25) is 0 Å². The standard InChI is InChI=1S/C8H18O.Na/c1-2-3-4-5-6-7-8-9;/h9H,2-8H2,1H3;. The van der Waals surface area contributed by atoms with E-state index < -0.39 is 0 Å². The maximum absolute atomic E-state index is 8.42. The van der Waals surface area contributed by atoms with Crippen LogP contribution in [0.4, 0.5) is 0 Å². The zero-order chi connectivity index (χ0) is 6.95. The van der Waals surface area contributed by atoms with Crippen LogP contribution in [0.3, 0.4) is 0 Å². The Hall–Kier alpha value is 0.960. The van der Waals surface area contributed by atoms with Gasteiger partial charge in [0, 0.05) is 36.2 Å². The van der Waals surface area contributed by atoms with Gasteiger partial charge in [-0.05, 0) is 6.42 Å². The normalized spacial score (nSPS) is 9.00. The summed E-state index contributed by atoms with van der Waals surface area (Å²) in [7, 11) is 0. The number of aliphatic hydroxyl groups is 1. The zero-order valence-electron chi connectivity index (χ0n) is 7.40. The van der Waals surface area contributed by atoms with Gasteiger partial charge in [-0.25, -0.2) is 0 Å². The van der Waals surface area contributed by atoms with Gasteiger partial charge in [-0.3, -0.25) is 0 Å². The minimum Gasteiger partial charge on any atom is -0.396 e. The Kier molecular flexibility index (Phi) is 17.1. The molecule has 0 saturated carbocycles. The van der Waals surface area contributed by atoms with Crippen molar-refractivity contribution < 1.29 is 5.11 Å². The van der Waals surface area contributed by atoms with E-state index in [-0.39, 0.29) is 29.6 Å². The summed E-state index contributed by atoms with van der Waals surface area (Å²) in [4.78, 5) is 0. The number of rotatable bonds is 6. The second-order valence-electron chi connectivity index (χ2n) is 2.49. The van der Waals surface area contributed by atoms with Crippen LogP contribution in [0.1, 0.15) is 45.4 Å². The molecule has 0 atom stereocenters. The summed E-state index contributed by atoms with van der Waals surface area (Å²) in [5.41, 5.74) is 0. The molecular formula is C8H18NaO. The van der Waals surface area contributed by atoms with E-state index in [1.165, 1.54) is 32.1 Å². The quantitative estimate of drug-likeness (QED) is 0.457. The molecule has 0 saturated heterocycles. The van der Waals surface area contributed by atoms with E-state index in [2.05, 4.69) is 6.92 Å². The van der Waals surface area contributed by atoms with Gasteiger partial charge in [0.25, 0.3) is 0 Å². The first-order valence-corrected chi connectivity index (χ1v) is 4.02. The molecule has 10 heavy (non-hydrogen) atoms. The van der Waals surface area contributed by atoms with Gasteiger partial charge in [0.1, 0.15) is 0 Å². The van der Waals surface area contributed by atoms with Gasteiger partial charge in [-0.2, -0.15) is 0 Å². The Morgan fingerprint density at radius 2 is 1.40 bits per heavy atom. The summed E-state index contributed by atoms with van der Waals surface area (Å²) in [5.74, 6) is 0. The maximum Gasteiger partial charge on any atom is 0.0431 e. The Balaban J connectivity index is 0. The first-order chi connectivity index (χ1) is 4.41. The van der Waals surface area contributed by atoms with Gasteiger partial charge in [0.05, 0.1) is 0 Å². The molecule has 0 aromatic rings. The van der Waals surface area contributed by atoms with E-state index in [0.717, 1.165) is 6.42 Å². The van der Waals surface area contributed by atoms with E-state index >= 15 is 0 Å². The van der Waals surface area contributed by atoms with Crippen molar-refractivity contribution >= 4 is 29.6 Å². The molecule has 0 rings (SSSR count). The summed E-state index contributed by atoms with van der Waals surface area (Å²) in [6, 6.07) is 0. The second kappa shape index (κ2) is 12.6. The van der Waals surface area contributed by atoms with Gasteiger partial charge in [-0.1, -0.05) is 39.0 Å². The summed E-state index contributed by atoms with van der Waals surface area (Å²) >= 11 is 0. The molecule has 0 aliphatic rings. The minimum absolute atomic E-state index is 0. The third-order valence-corrected chi connectivity index (χ3v) is 1.51. The first kappa shape index (κ1) is 13.5. The Labute approximate surface area is 86.5 Å². The van der Waals surface area contributed by atoms with Crippen molar-refractivity contribution in [2.45, 2.75) is 45.4 Å². The van der Waals surface area contributed by atoms with Crippen molar-refractivity contribution in [1.29, 1.82) is 0 Å². The molecule has 0 aliphatic heterocycles. The molecule has 2 heteroatoms. The third-order valence-electron chi connectivity index (χ3n) is 1.51. The molecule has 0 heterocycles. The molecule has 1 nitrogen and oxygen atoms in total. The summed E-state index contributed by atoms with van der Waals surface area (Å²) in [6.07, 6.45) is 7.50. The Morgan fingerprint density at radius 1 is 0.900 bits per heavy atom. The average molecular weight is 153 g/mol. The fraction of sp³-hybridized carbons (Fsp3) is 1.00. The fourth-order valence-electron chi connectivity index (χ4n) is 0.892. The number of unbranched alkanes of at least 4 members (excludes halogenated alkanes) is 5. The SMILES string of the molecule is CCCCCCCCO.[Na]. The summed E-state index contributed by atoms with van der Waals surface area (Å²) in [6.45, 7) is 2.58. The summed E-state index contributed by atoms with van der Waals surface area (Å²) < 4.78 is 0. The molecule has 1 radical (unpaired) electrons. The van der Waals surface area contributed by atoms with Crippen LogP contribution in [0.15, 0.2) is 0 Å². The van der Waals surface area contributed by atoms with E-state index in [0.29, 0.717) is 6.61 Å². The van der Waals surface area contributed by atoms with Crippen molar-refractivity contribution in [2.24, 2.45) is 0 Å². The molecule has 0 bridgehead atoms. The molecular weight excluding hydrogens is 135 g/mol. The van der Waals surface area contributed by atoms with E-state index in [9.17, 15) is 0 Å². The predicted octanol–water partition coefficient (Wildman–Crippen LogP) is 1.96. The predicted molar refractivity (Wildman–Crippen MR) is 46.2 cm³/mol. The van der Waals surface area contributed by atoms with Gasteiger partial charge in [0.15, 0.2) is 0 Å². The molecule has 0 aromatic carbocycles. The van der Waals surface area contributed by atoms with Gasteiger partial charge >= 0.3 is 0 Å². The maximum atomic E-state index is 8.42. The smallest absolute Gasteiger partial charge is 0.0431 e. The molecule has 0 aliphatic carbocycles. The van der Waals surface area contributed by atoms with Crippen LogP contribution in [0.25, 0.3) is 0 Å². The molecule has 0 amide bonds. The number of hydrogen-bond acceptors (Lipinski definition) is 1. The van der Waals surface area contributed by atoms with Crippen LogP contribution in [-0.2, 0) is 0 Å². The molecule has 1 N–H and O–H groups in total. The fourth-order valence-corrected chi connectivity index (χ4v) is 0.892. The number of aliphatic hydroxyl groups excluding tert-OH is 1. The Morgan fingerprint density at radius 3 is 1.90 bits per heavy atom. The molecule has 0 unspecified atom stereocenters. The third kappa shape index (κ3) is 11.7. The molecule has 0 fully saturated rings. The van der Waals surface area contributed by atoms with Crippen LogP contribution < -0.4 is 0 Å². The Bertz CT molecular complexity index is 42.5. The largest absolute Gasteiger partial charge is 0.396 e. The van der Waals surface area contributed by atoms with Crippen molar-refractivity contribution in [1.82, 2.24) is 0 Å². The zero-order valence-corrected chi connectivity index (χ0v) is 9.40. The van der Waals surface area contributed by atoms with Gasteiger partial charge in [-0.15, -0.1) is 0 Å². The number of hydrogen-bond donors (Lipinski definition) is 1. The van der Waals surface area contributed by atoms with Crippen LogP contribution in [0, 0.1) is 0 Å². The average Bonchev–Trinajstić information content (AvgIpc) is 1.89. The van der Waals surface area contributed by atoms with E-state index in [1.807, 2.05) is 0 Å². The van der Waals surface area contributed by atoms with Crippen LogP contribution in [-0.4, -0.2) is 41.3 Å². The second-order valence-corrected chi connectivity index (χ2v) is 2.49. The van der Waals surface area contributed by atoms with E-state index in [4.69, 9.17) is 5.11 Å². The van der Waals surface area contributed by atoms with E-state index in [1.54, 1.807) is 0 Å². The van der Waals surface area contributed by atoms with Gasteiger partial charge < -0.3 is 5.11 Å². The van der Waals surface area contributed by atoms with Crippen molar-refractivity contribution in [2.75, 3.05) is 6.61 Å². The molecule has 57 valence electrons. The van der Waals surface area contributed by atoms with Crippen molar-refractivity contribution in [3.8, 4) is 0 Å². The van der Waals surface area contributed by atoms with Crippen LogP contribution >= 0.6 is 0 Å². The van der Waals surface area contributed by atoms with Crippen molar-refractivity contribution in [3.05, 3.63) is 0 Å². The molecule has 0 spiro atoms. The first-order valence-electron chi connectivity index (χ1n) is 4.02. The molecule has 0 aromatic heterocycles. The van der Waals surface area contributed by atoms with Gasteiger partial charge in [0.2, 0.25) is 0 Å². The summed E-state index contributed by atoms with van der Waals surface area (Å²) in [5, 5.41) is 8.42. The topological polar surface area (TPSA) is 20.2 Å². The monoisotopic (exact) mass is 153 g/mol. The van der Waals surface area contributed by atoms with Crippen LogP contribution in [0.5, 0.6) is 0 Å². The minimum atomic E-state index is 0. The van der Waals surface area contributed by atoms with Crippen molar-refractivity contribution in [3.63, 3.8) is 0 Å².